The third-order valence-electron chi connectivity index (χ3n) is 5.03. The van der Waals surface area contributed by atoms with E-state index < -0.39 is 36.1 Å². The van der Waals surface area contributed by atoms with Crippen molar-refractivity contribution in [2.75, 3.05) is 17.2 Å². The van der Waals surface area contributed by atoms with Crippen LogP contribution in [0.3, 0.4) is 0 Å². The average molecular weight is 591 g/mol. The van der Waals surface area contributed by atoms with Gasteiger partial charge in [0.1, 0.15) is 5.75 Å². The number of carbonyl (C=O) groups is 3. The van der Waals surface area contributed by atoms with E-state index >= 15 is 0 Å². The van der Waals surface area contributed by atoms with Crippen LogP contribution in [-0.4, -0.2) is 30.5 Å². The Bertz CT molecular complexity index is 1360. The number of benzene rings is 3. The average Bonchev–Trinajstić information content (AvgIpc) is 2.88. The van der Waals surface area contributed by atoms with Crippen LogP contribution in [0.5, 0.6) is 5.75 Å². The summed E-state index contributed by atoms with van der Waals surface area (Å²) in [4.78, 5) is 36.6. The Morgan fingerprint density at radius 3 is 2.47 bits per heavy atom. The quantitative estimate of drug-likeness (QED) is 0.192. The van der Waals surface area contributed by atoms with Crippen molar-refractivity contribution in [2.45, 2.75) is 19.5 Å². The molecule has 38 heavy (non-hydrogen) atoms. The zero-order valence-corrected chi connectivity index (χ0v) is 21.5. The van der Waals surface area contributed by atoms with Gasteiger partial charge in [0, 0.05) is 21.4 Å². The molecule has 0 bridgehead atoms. The lowest BCUT2D eigenvalue weighted by molar-refractivity contribution is -0.137. The number of hydrogen-bond donors (Lipinski definition) is 3. The highest BCUT2D eigenvalue weighted by Crippen LogP contribution is 2.30. The van der Waals surface area contributed by atoms with Gasteiger partial charge >= 0.3 is 18.0 Å². The van der Waals surface area contributed by atoms with Gasteiger partial charge in [0.2, 0.25) is 0 Å². The first-order chi connectivity index (χ1) is 18.1. The number of hydrogen-bond acceptors (Lipinski definition) is 5. The first-order valence-electron chi connectivity index (χ1n) is 11.2. The first kappa shape index (κ1) is 28.4. The van der Waals surface area contributed by atoms with Crippen LogP contribution in [0.2, 0.25) is 0 Å². The van der Waals surface area contributed by atoms with Crippen LogP contribution in [0.15, 0.2) is 76.3 Å². The smallest absolute Gasteiger partial charge is 0.416 e. The summed E-state index contributed by atoms with van der Waals surface area (Å²) in [5.74, 6) is -2.38. The number of anilines is 2. The van der Waals surface area contributed by atoms with E-state index in [4.69, 9.17) is 4.74 Å². The minimum absolute atomic E-state index is 0.0337. The molecule has 3 aromatic rings. The van der Waals surface area contributed by atoms with Gasteiger partial charge in [0.05, 0.1) is 11.8 Å². The van der Waals surface area contributed by atoms with Gasteiger partial charge in [-0.25, -0.2) is 5.43 Å². The fourth-order valence-corrected chi connectivity index (χ4v) is 3.58. The lowest BCUT2D eigenvalue weighted by atomic mass is 10.1. The third kappa shape index (κ3) is 8.17. The first-order valence-corrected chi connectivity index (χ1v) is 12.0. The van der Waals surface area contributed by atoms with Gasteiger partial charge in [0.25, 0.3) is 5.91 Å². The van der Waals surface area contributed by atoms with E-state index in [0.29, 0.717) is 22.1 Å². The van der Waals surface area contributed by atoms with Crippen molar-refractivity contribution in [1.29, 1.82) is 0 Å². The zero-order valence-electron chi connectivity index (χ0n) is 19.9. The second-order valence-electron chi connectivity index (χ2n) is 7.76. The van der Waals surface area contributed by atoms with E-state index in [1.165, 1.54) is 24.4 Å². The van der Waals surface area contributed by atoms with Gasteiger partial charge in [-0.05, 0) is 54.4 Å². The maximum atomic E-state index is 12.9. The SMILES string of the molecule is CCc1ccccc1NC(=O)C(=O)N/N=C\c1cc(Br)ccc1OCC(=O)Nc1cccc(C(F)(F)F)c1. The highest BCUT2D eigenvalue weighted by molar-refractivity contribution is 9.10. The molecule has 0 aliphatic carbocycles. The molecule has 0 unspecified atom stereocenters. The van der Waals surface area contributed by atoms with Crippen molar-refractivity contribution in [2.24, 2.45) is 5.10 Å². The predicted molar refractivity (Wildman–Crippen MR) is 140 cm³/mol. The Kier molecular flexibility index (Phi) is 9.61. The van der Waals surface area contributed by atoms with E-state index in [1.807, 2.05) is 19.1 Å². The van der Waals surface area contributed by atoms with Crippen LogP contribution in [0.1, 0.15) is 23.6 Å². The second-order valence-corrected chi connectivity index (χ2v) is 8.68. The molecule has 12 heteroatoms. The van der Waals surface area contributed by atoms with E-state index in [2.05, 4.69) is 37.1 Å². The fraction of sp³-hybridized carbons (Fsp3) is 0.154. The van der Waals surface area contributed by atoms with E-state index in [0.717, 1.165) is 17.7 Å². The number of alkyl halides is 3. The summed E-state index contributed by atoms with van der Waals surface area (Å²) in [5.41, 5.74) is 2.93. The molecule has 0 aromatic heterocycles. The van der Waals surface area contributed by atoms with Crippen LogP contribution >= 0.6 is 15.9 Å². The number of amides is 3. The van der Waals surface area contributed by atoms with Crippen LogP contribution in [0.25, 0.3) is 0 Å². The lowest BCUT2D eigenvalue weighted by Crippen LogP contribution is -2.32. The predicted octanol–water partition coefficient (Wildman–Crippen LogP) is 5.14. The van der Waals surface area contributed by atoms with E-state index in [9.17, 15) is 27.6 Å². The van der Waals surface area contributed by atoms with Gasteiger partial charge < -0.3 is 15.4 Å². The standard InChI is InChI=1S/C26H22BrF3N4O4/c1-2-16-6-3-4-9-21(16)33-24(36)25(37)34-31-14-17-12-19(27)10-11-22(17)38-15-23(35)32-20-8-5-7-18(13-20)26(28,29)30/h3-14H,2,15H2,1H3,(H,32,35)(H,33,36)(H,34,37)/b31-14-. The lowest BCUT2D eigenvalue weighted by Gasteiger charge is -2.12. The molecule has 0 saturated heterocycles. The normalized spacial score (nSPS) is 11.2. The van der Waals surface area contributed by atoms with Crippen molar-refractivity contribution in [1.82, 2.24) is 5.43 Å². The monoisotopic (exact) mass is 590 g/mol. The molecule has 0 aliphatic heterocycles. The summed E-state index contributed by atoms with van der Waals surface area (Å²) in [7, 11) is 0. The topological polar surface area (TPSA) is 109 Å². The molecule has 0 atom stereocenters. The maximum absolute atomic E-state index is 12.9. The number of ether oxygens (including phenoxy) is 1. The summed E-state index contributed by atoms with van der Waals surface area (Å²) in [5, 5.41) is 8.66. The number of nitrogens with zero attached hydrogens (tertiary/aromatic N) is 1. The van der Waals surface area contributed by atoms with Crippen LogP contribution in [0.4, 0.5) is 24.5 Å². The van der Waals surface area contributed by atoms with Crippen molar-refractivity contribution < 1.29 is 32.3 Å². The Balaban J connectivity index is 1.59. The largest absolute Gasteiger partial charge is 0.483 e. The number of carbonyl (C=O) groups excluding carboxylic acids is 3. The van der Waals surface area contributed by atoms with Crippen molar-refractivity contribution in [3.05, 3.63) is 87.9 Å². The van der Waals surface area contributed by atoms with Crippen molar-refractivity contribution >= 4 is 51.2 Å². The molecular weight excluding hydrogens is 569 g/mol. The fourth-order valence-electron chi connectivity index (χ4n) is 3.21. The second kappa shape index (κ2) is 12.9. The molecule has 198 valence electrons. The summed E-state index contributed by atoms with van der Waals surface area (Å²) < 4.78 is 44.8. The van der Waals surface area contributed by atoms with Crippen LogP contribution in [0, 0.1) is 0 Å². The number of para-hydroxylation sites is 1. The number of aryl methyl sites for hydroxylation is 1. The molecule has 0 fully saturated rings. The molecule has 3 rings (SSSR count). The van der Waals surface area contributed by atoms with Gasteiger partial charge in [-0.1, -0.05) is 47.1 Å². The highest BCUT2D eigenvalue weighted by Gasteiger charge is 2.30. The molecule has 0 heterocycles. The third-order valence-corrected chi connectivity index (χ3v) is 5.52. The minimum Gasteiger partial charge on any atom is -0.483 e. The summed E-state index contributed by atoms with van der Waals surface area (Å²) in [6, 6.07) is 16.0. The zero-order chi connectivity index (χ0) is 27.7. The summed E-state index contributed by atoms with van der Waals surface area (Å²) >= 11 is 3.30. The highest BCUT2D eigenvalue weighted by atomic mass is 79.9. The molecule has 0 aliphatic rings. The molecule has 0 spiro atoms. The minimum atomic E-state index is -4.54. The number of hydrazone groups is 1. The van der Waals surface area contributed by atoms with Gasteiger partial charge in [-0.15, -0.1) is 0 Å². The number of nitrogens with one attached hydrogen (secondary N) is 3. The molecular formula is C26H22BrF3N4O4. The summed E-state index contributed by atoms with van der Waals surface area (Å²) in [6.45, 7) is 1.41. The number of rotatable bonds is 8. The van der Waals surface area contributed by atoms with Crippen LogP contribution < -0.4 is 20.8 Å². The molecule has 0 saturated carbocycles. The van der Waals surface area contributed by atoms with E-state index in [1.54, 1.807) is 24.3 Å². The molecule has 0 radical (unpaired) electrons. The van der Waals surface area contributed by atoms with E-state index in [-0.39, 0.29) is 11.4 Å². The Labute approximate surface area is 224 Å². The van der Waals surface area contributed by atoms with Crippen molar-refractivity contribution in [3.8, 4) is 5.75 Å². The van der Waals surface area contributed by atoms with Gasteiger partial charge in [0.15, 0.2) is 6.61 Å². The Morgan fingerprint density at radius 1 is 0.974 bits per heavy atom. The molecule has 3 amide bonds. The summed E-state index contributed by atoms with van der Waals surface area (Å²) in [6.07, 6.45) is -2.66. The molecule has 8 nitrogen and oxygen atoms in total. The molecule has 3 aromatic carbocycles. The van der Waals surface area contributed by atoms with Crippen molar-refractivity contribution in [3.63, 3.8) is 0 Å². The molecule has 3 N–H and O–H groups in total. The maximum Gasteiger partial charge on any atom is 0.416 e. The van der Waals surface area contributed by atoms with Gasteiger partial charge in [-0.2, -0.15) is 18.3 Å². The number of halogens is 4. The van der Waals surface area contributed by atoms with Gasteiger partial charge in [-0.3, -0.25) is 14.4 Å². The Hall–Kier alpha value is -4.19. The van der Waals surface area contributed by atoms with Crippen LogP contribution in [-0.2, 0) is 27.0 Å². The Morgan fingerprint density at radius 2 is 1.74 bits per heavy atom.